The number of nitrogen functional groups attached to an aromatic ring is 1. The molecule has 1 aliphatic heterocycles. The highest BCUT2D eigenvalue weighted by molar-refractivity contribution is 5.45. The largest absolute Gasteiger partial charge is 0.483 e. The number of aromatic nitrogens is 1. The SMILES string of the molecule is CC1(C)CC(Oc2cccnc2N)C(C)(C)O1. The Morgan fingerprint density at radius 3 is 2.65 bits per heavy atom. The van der Waals surface area contributed by atoms with E-state index in [0.29, 0.717) is 11.6 Å². The van der Waals surface area contributed by atoms with Crippen molar-refractivity contribution in [2.75, 3.05) is 5.73 Å². The van der Waals surface area contributed by atoms with Crippen LogP contribution in [0.3, 0.4) is 0 Å². The van der Waals surface area contributed by atoms with Gasteiger partial charge in [0.25, 0.3) is 0 Å². The van der Waals surface area contributed by atoms with Gasteiger partial charge in [0.15, 0.2) is 11.6 Å². The average Bonchev–Trinajstić information content (AvgIpc) is 2.38. The number of nitrogens with zero attached hydrogens (tertiary/aromatic N) is 1. The van der Waals surface area contributed by atoms with Crippen LogP contribution in [0.2, 0.25) is 0 Å². The first kappa shape index (κ1) is 12.2. The molecule has 1 saturated heterocycles. The van der Waals surface area contributed by atoms with E-state index in [-0.39, 0.29) is 17.3 Å². The number of nitrogens with two attached hydrogens (primary N) is 1. The van der Waals surface area contributed by atoms with Gasteiger partial charge in [0.1, 0.15) is 11.7 Å². The van der Waals surface area contributed by atoms with Gasteiger partial charge in [-0.25, -0.2) is 4.98 Å². The molecule has 0 bridgehead atoms. The van der Waals surface area contributed by atoms with Crippen LogP contribution in [-0.2, 0) is 4.74 Å². The maximum Gasteiger partial charge on any atom is 0.166 e. The van der Waals surface area contributed by atoms with Crippen LogP contribution in [0.1, 0.15) is 34.1 Å². The Bertz CT molecular complexity index is 416. The Balaban J connectivity index is 2.17. The lowest BCUT2D eigenvalue weighted by atomic mass is 9.97. The van der Waals surface area contributed by atoms with Crippen molar-refractivity contribution >= 4 is 5.82 Å². The van der Waals surface area contributed by atoms with Gasteiger partial charge in [-0.05, 0) is 39.8 Å². The van der Waals surface area contributed by atoms with Crippen LogP contribution >= 0.6 is 0 Å². The number of rotatable bonds is 2. The quantitative estimate of drug-likeness (QED) is 0.856. The van der Waals surface area contributed by atoms with E-state index in [1.54, 1.807) is 6.20 Å². The zero-order valence-electron chi connectivity index (χ0n) is 10.9. The fourth-order valence-electron chi connectivity index (χ4n) is 2.35. The van der Waals surface area contributed by atoms with Crippen molar-refractivity contribution < 1.29 is 9.47 Å². The molecule has 94 valence electrons. The minimum absolute atomic E-state index is 0.0102. The van der Waals surface area contributed by atoms with Gasteiger partial charge in [0.05, 0.1) is 5.60 Å². The topological polar surface area (TPSA) is 57.4 Å². The van der Waals surface area contributed by atoms with Crippen LogP contribution < -0.4 is 10.5 Å². The van der Waals surface area contributed by atoms with E-state index in [2.05, 4.69) is 18.8 Å². The van der Waals surface area contributed by atoms with Gasteiger partial charge >= 0.3 is 0 Å². The molecule has 0 aromatic carbocycles. The third-order valence-corrected chi connectivity index (χ3v) is 3.06. The Morgan fingerprint density at radius 2 is 2.12 bits per heavy atom. The molecular weight excluding hydrogens is 216 g/mol. The van der Waals surface area contributed by atoms with Gasteiger partial charge < -0.3 is 15.2 Å². The number of pyridine rings is 1. The summed E-state index contributed by atoms with van der Waals surface area (Å²) in [6.45, 7) is 8.23. The van der Waals surface area contributed by atoms with Crippen molar-refractivity contribution in [3.05, 3.63) is 18.3 Å². The Kier molecular flexibility index (Phi) is 2.78. The van der Waals surface area contributed by atoms with E-state index < -0.39 is 0 Å². The molecule has 2 heterocycles. The highest BCUT2D eigenvalue weighted by Crippen LogP contribution is 2.40. The molecule has 0 spiro atoms. The van der Waals surface area contributed by atoms with Gasteiger partial charge in [0.2, 0.25) is 0 Å². The summed E-state index contributed by atoms with van der Waals surface area (Å²) in [6, 6.07) is 3.66. The second-order valence-corrected chi connectivity index (χ2v) is 5.66. The summed E-state index contributed by atoms with van der Waals surface area (Å²) in [7, 11) is 0. The van der Waals surface area contributed by atoms with E-state index in [1.807, 2.05) is 26.0 Å². The smallest absolute Gasteiger partial charge is 0.166 e. The van der Waals surface area contributed by atoms with Crippen molar-refractivity contribution in [3.63, 3.8) is 0 Å². The summed E-state index contributed by atoms with van der Waals surface area (Å²) in [6.07, 6.45) is 2.49. The van der Waals surface area contributed by atoms with Crippen LogP contribution in [0.5, 0.6) is 5.75 Å². The normalized spacial score (nSPS) is 25.8. The zero-order chi connectivity index (χ0) is 12.7. The van der Waals surface area contributed by atoms with E-state index >= 15 is 0 Å². The van der Waals surface area contributed by atoms with Crippen molar-refractivity contribution in [1.29, 1.82) is 0 Å². The summed E-state index contributed by atoms with van der Waals surface area (Å²) in [5.41, 5.74) is 5.30. The van der Waals surface area contributed by atoms with E-state index in [1.165, 1.54) is 0 Å². The van der Waals surface area contributed by atoms with Crippen LogP contribution in [0, 0.1) is 0 Å². The fraction of sp³-hybridized carbons (Fsp3) is 0.615. The lowest BCUT2D eigenvalue weighted by Crippen LogP contribution is -2.36. The highest BCUT2D eigenvalue weighted by atomic mass is 16.6. The van der Waals surface area contributed by atoms with Gasteiger partial charge in [0, 0.05) is 12.6 Å². The standard InChI is InChI=1S/C13H20N2O2/c1-12(2)8-10(13(3,4)17-12)16-9-6-5-7-15-11(9)14/h5-7,10H,8H2,1-4H3,(H2,14,15). The van der Waals surface area contributed by atoms with E-state index in [9.17, 15) is 0 Å². The molecule has 1 fully saturated rings. The lowest BCUT2D eigenvalue weighted by molar-refractivity contribution is -0.0845. The summed E-state index contributed by atoms with van der Waals surface area (Å²) in [5.74, 6) is 1.06. The number of ether oxygens (including phenoxy) is 2. The fourth-order valence-corrected chi connectivity index (χ4v) is 2.35. The van der Waals surface area contributed by atoms with Crippen LogP contribution in [0.25, 0.3) is 0 Å². The highest BCUT2D eigenvalue weighted by Gasteiger charge is 2.47. The second-order valence-electron chi connectivity index (χ2n) is 5.66. The first-order valence-corrected chi connectivity index (χ1v) is 5.87. The molecule has 1 atom stereocenters. The lowest BCUT2D eigenvalue weighted by Gasteiger charge is -2.27. The molecule has 0 saturated carbocycles. The molecule has 0 aliphatic carbocycles. The first-order chi connectivity index (χ1) is 7.80. The van der Waals surface area contributed by atoms with Crippen molar-refractivity contribution in [2.45, 2.75) is 51.4 Å². The Labute approximate surface area is 102 Å². The molecule has 0 amide bonds. The van der Waals surface area contributed by atoms with Gasteiger partial charge in [-0.2, -0.15) is 0 Å². The molecule has 17 heavy (non-hydrogen) atoms. The molecular formula is C13H20N2O2. The molecule has 4 nitrogen and oxygen atoms in total. The van der Waals surface area contributed by atoms with Crippen molar-refractivity contribution in [2.24, 2.45) is 0 Å². The average molecular weight is 236 g/mol. The van der Waals surface area contributed by atoms with Crippen molar-refractivity contribution in [3.8, 4) is 5.75 Å². The van der Waals surface area contributed by atoms with Gasteiger partial charge in [-0.15, -0.1) is 0 Å². The molecule has 1 aromatic rings. The maximum absolute atomic E-state index is 5.97. The maximum atomic E-state index is 5.97. The predicted molar refractivity (Wildman–Crippen MR) is 66.9 cm³/mol. The molecule has 2 rings (SSSR count). The third-order valence-electron chi connectivity index (χ3n) is 3.06. The van der Waals surface area contributed by atoms with Crippen LogP contribution in [0.4, 0.5) is 5.82 Å². The van der Waals surface area contributed by atoms with Crippen LogP contribution in [0.15, 0.2) is 18.3 Å². The van der Waals surface area contributed by atoms with Gasteiger partial charge in [-0.3, -0.25) is 0 Å². The third kappa shape index (κ3) is 2.52. The minimum Gasteiger partial charge on any atom is -0.483 e. The number of hydrogen-bond donors (Lipinski definition) is 1. The molecule has 1 aliphatic rings. The number of hydrogen-bond acceptors (Lipinski definition) is 4. The predicted octanol–water partition coefficient (Wildman–Crippen LogP) is 2.39. The minimum atomic E-state index is -0.314. The zero-order valence-corrected chi connectivity index (χ0v) is 10.9. The number of anilines is 1. The van der Waals surface area contributed by atoms with Gasteiger partial charge in [-0.1, -0.05) is 0 Å². The molecule has 1 unspecified atom stereocenters. The second kappa shape index (κ2) is 3.88. The summed E-state index contributed by atoms with van der Waals surface area (Å²) in [4.78, 5) is 4.02. The monoisotopic (exact) mass is 236 g/mol. The Morgan fingerprint density at radius 1 is 1.41 bits per heavy atom. The summed E-state index contributed by atoms with van der Waals surface area (Å²) in [5, 5.41) is 0. The molecule has 0 radical (unpaired) electrons. The van der Waals surface area contributed by atoms with Crippen molar-refractivity contribution in [1.82, 2.24) is 4.98 Å². The molecule has 4 heteroatoms. The van der Waals surface area contributed by atoms with E-state index in [0.717, 1.165) is 6.42 Å². The molecule has 1 aromatic heterocycles. The summed E-state index contributed by atoms with van der Waals surface area (Å²) >= 11 is 0. The van der Waals surface area contributed by atoms with Crippen LogP contribution in [-0.4, -0.2) is 22.3 Å². The first-order valence-electron chi connectivity index (χ1n) is 5.87. The van der Waals surface area contributed by atoms with E-state index in [4.69, 9.17) is 15.2 Å². The molecule has 2 N–H and O–H groups in total. The summed E-state index contributed by atoms with van der Waals surface area (Å²) < 4.78 is 11.9. The Hall–Kier alpha value is -1.29.